The van der Waals surface area contributed by atoms with Gasteiger partial charge in [0.25, 0.3) is 0 Å². The Morgan fingerprint density at radius 1 is 1.52 bits per heavy atom. The number of nitrogens with one attached hydrogen (secondary N) is 1. The normalized spacial score (nSPS) is 23.2. The molecule has 0 amide bonds. The molecule has 166 valence electrons. The Bertz CT molecular complexity index is 1110. The van der Waals surface area contributed by atoms with Gasteiger partial charge in [0.05, 0.1) is 30.9 Å². The van der Waals surface area contributed by atoms with Crippen molar-refractivity contribution >= 4 is 21.9 Å². The minimum atomic E-state index is -4.21. The highest BCUT2D eigenvalue weighted by Gasteiger charge is 2.44. The van der Waals surface area contributed by atoms with Gasteiger partial charge in [-0.05, 0) is 19.4 Å². The molecule has 12 heteroatoms. The average Bonchev–Trinajstić information content (AvgIpc) is 3.30. The second kappa shape index (κ2) is 9.52. The first-order valence-electron chi connectivity index (χ1n) is 9.35. The van der Waals surface area contributed by atoms with Crippen LogP contribution in [0.4, 0.5) is 10.2 Å². The molecule has 4 atom stereocenters. The monoisotopic (exact) mass is 451 g/mol. The molecule has 1 aliphatic rings. The van der Waals surface area contributed by atoms with Crippen LogP contribution in [0.25, 0.3) is 0 Å². The number of aliphatic hydroxyl groups excluding tert-OH is 1. The number of aliphatic hydroxyl groups is 1. The predicted octanol–water partition coefficient (Wildman–Crippen LogP) is 0.252. The van der Waals surface area contributed by atoms with Crippen molar-refractivity contribution in [2.45, 2.75) is 38.2 Å². The molecular weight excluding hydrogens is 429 g/mol. The second-order valence-corrected chi connectivity index (χ2v) is 8.29. The van der Waals surface area contributed by atoms with Gasteiger partial charge in [-0.3, -0.25) is 8.98 Å². The summed E-state index contributed by atoms with van der Waals surface area (Å²) in [5.74, 6) is 4.60. The lowest BCUT2D eigenvalue weighted by molar-refractivity contribution is 0.0501. The van der Waals surface area contributed by atoms with Crippen LogP contribution < -0.4 is 10.5 Å². The second-order valence-electron chi connectivity index (χ2n) is 7.07. The van der Waals surface area contributed by atoms with Crippen molar-refractivity contribution in [1.29, 1.82) is 0 Å². The van der Waals surface area contributed by atoms with Gasteiger partial charge in [0.2, 0.25) is 0 Å². The topological polar surface area (TPSA) is 149 Å². The average molecular weight is 451 g/mol. The molecule has 0 aliphatic heterocycles. The maximum atomic E-state index is 14.6. The molecule has 1 saturated carbocycles. The third-order valence-electron chi connectivity index (χ3n) is 4.93. The van der Waals surface area contributed by atoms with E-state index in [-0.39, 0.29) is 23.6 Å². The van der Waals surface area contributed by atoms with Gasteiger partial charge >= 0.3 is 10.3 Å². The number of rotatable bonds is 8. The van der Waals surface area contributed by atoms with Crippen LogP contribution >= 0.6 is 0 Å². The molecule has 1 aliphatic carbocycles. The molecular formula is C19H22FN5O5S. The van der Waals surface area contributed by atoms with Crippen LogP contribution in [0, 0.1) is 17.8 Å². The van der Waals surface area contributed by atoms with Crippen LogP contribution in [0.5, 0.6) is 0 Å². The third kappa shape index (κ3) is 5.65. The molecule has 31 heavy (non-hydrogen) atoms. The maximum absolute atomic E-state index is 14.6. The summed E-state index contributed by atoms with van der Waals surface area (Å²) < 4.78 is 42.8. The van der Waals surface area contributed by atoms with Gasteiger partial charge in [0.15, 0.2) is 5.78 Å². The molecule has 0 saturated heterocycles. The van der Waals surface area contributed by atoms with Crippen LogP contribution in [-0.4, -0.2) is 58.8 Å². The first kappa shape index (κ1) is 22.8. The van der Waals surface area contributed by atoms with E-state index in [1.807, 2.05) is 0 Å². The summed E-state index contributed by atoms with van der Waals surface area (Å²) in [7, 11) is -4.21. The summed E-state index contributed by atoms with van der Waals surface area (Å²) in [4.78, 5) is 20.9. The summed E-state index contributed by atoms with van der Waals surface area (Å²) in [6.07, 6.45) is 2.73. The van der Waals surface area contributed by atoms with E-state index in [1.54, 1.807) is 30.0 Å². The summed E-state index contributed by atoms with van der Waals surface area (Å²) in [5.41, 5.74) is 0.520. The zero-order valence-electron chi connectivity index (χ0n) is 16.6. The number of nitrogens with two attached hydrogens (primary N) is 1. The van der Waals surface area contributed by atoms with E-state index in [0.29, 0.717) is 12.1 Å². The van der Waals surface area contributed by atoms with Crippen molar-refractivity contribution in [3.05, 3.63) is 42.1 Å². The Labute approximate surface area is 178 Å². The zero-order chi connectivity index (χ0) is 22.6. The fourth-order valence-corrected chi connectivity index (χ4v) is 3.73. The maximum Gasteiger partial charge on any atom is 0.333 e. The molecule has 0 unspecified atom stereocenters. The Morgan fingerprint density at radius 2 is 2.29 bits per heavy atom. The van der Waals surface area contributed by atoms with Crippen molar-refractivity contribution < 1.29 is 26.9 Å². The van der Waals surface area contributed by atoms with Gasteiger partial charge in [0.1, 0.15) is 18.3 Å². The molecule has 0 aromatic carbocycles. The van der Waals surface area contributed by atoms with E-state index in [0.717, 1.165) is 0 Å². The molecule has 4 N–H and O–H groups in total. The van der Waals surface area contributed by atoms with Crippen molar-refractivity contribution in [3.8, 4) is 11.8 Å². The van der Waals surface area contributed by atoms with E-state index < -0.39 is 41.1 Å². The van der Waals surface area contributed by atoms with E-state index in [1.165, 1.54) is 12.5 Å². The van der Waals surface area contributed by atoms with Crippen LogP contribution in [0.15, 0.2) is 31.0 Å². The molecule has 2 aromatic heterocycles. The lowest BCUT2D eigenvalue weighted by atomic mass is 10.1. The molecule has 0 bridgehead atoms. The zero-order valence-corrected chi connectivity index (χ0v) is 17.4. The first-order chi connectivity index (χ1) is 14.7. The molecule has 2 heterocycles. The molecule has 2 aromatic rings. The van der Waals surface area contributed by atoms with E-state index in [9.17, 15) is 22.7 Å². The number of carbonyl (C=O) groups is 1. The van der Waals surface area contributed by atoms with E-state index in [4.69, 9.17) is 5.14 Å². The smallest absolute Gasteiger partial charge is 0.333 e. The minimum Gasteiger partial charge on any atom is -0.390 e. The number of halogens is 1. The quantitative estimate of drug-likeness (QED) is 0.382. The standard InChI is InChI=1S/C19H22FN5O5S/c1-2-3-5-25-6-4-12(9-25)17(26)14-8-22-11-23-19(14)24-15-7-13(18(27)16(15)20)10-30-31(21,28)29/h4,6,8-9,11,13,15-16,18,27H,5,7,10H2,1H3,(H2,21,28,29)(H,22,23,24)/t13-,15-,16-,18-/m1/s1. The summed E-state index contributed by atoms with van der Waals surface area (Å²) >= 11 is 0. The van der Waals surface area contributed by atoms with Crippen LogP contribution in [0.1, 0.15) is 29.3 Å². The lowest BCUT2D eigenvalue weighted by Gasteiger charge is -2.18. The van der Waals surface area contributed by atoms with Gasteiger partial charge < -0.3 is 15.0 Å². The van der Waals surface area contributed by atoms with Crippen molar-refractivity contribution in [1.82, 2.24) is 14.5 Å². The number of nitrogens with zero attached hydrogens (tertiary/aromatic N) is 3. The van der Waals surface area contributed by atoms with Crippen LogP contribution in [0.2, 0.25) is 0 Å². The summed E-state index contributed by atoms with van der Waals surface area (Å²) in [6, 6.07) is 0.712. The highest BCUT2D eigenvalue weighted by molar-refractivity contribution is 7.84. The van der Waals surface area contributed by atoms with E-state index in [2.05, 4.69) is 31.3 Å². The molecule has 10 nitrogen and oxygen atoms in total. The largest absolute Gasteiger partial charge is 0.390 e. The minimum absolute atomic E-state index is 0.0432. The fourth-order valence-electron chi connectivity index (χ4n) is 3.37. The number of hydrogen-bond acceptors (Lipinski definition) is 8. The van der Waals surface area contributed by atoms with Crippen molar-refractivity contribution in [2.24, 2.45) is 11.1 Å². The number of alkyl halides is 1. The molecule has 3 rings (SSSR count). The van der Waals surface area contributed by atoms with Crippen molar-refractivity contribution in [2.75, 3.05) is 11.9 Å². The van der Waals surface area contributed by atoms with Crippen LogP contribution in [-0.2, 0) is 21.0 Å². The van der Waals surface area contributed by atoms with Crippen molar-refractivity contribution in [3.63, 3.8) is 0 Å². The molecule has 0 spiro atoms. The van der Waals surface area contributed by atoms with Gasteiger partial charge in [-0.2, -0.15) is 8.42 Å². The lowest BCUT2D eigenvalue weighted by Crippen LogP contribution is -2.33. The predicted molar refractivity (Wildman–Crippen MR) is 109 cm³/mol. The first-order valence-corrected chi connectivity index (χ1v) is 10.8. The van der Waals surface area contributed by atoms with Gasteiger partial charge in [-0.1, -0.05) is 5.92 Å². The SMILES string of the molecule is CC#CCn1ccc(C(=O)c2cncnc2N[C@@H]2C[C@H](COS(N)(=O)=O)[C@@H](O)[C@@H]2F)c1. The highest BCUT2D eigenvalue weighted by atomic mass is 32.2. The van der Waals surface area contributed by atoms with Gasteiger partial charge in [0, 0.05) is 30.1 Å². The Kier molecular flexibility index (Phi) is 7.01. The van der Waals surface area contributed by atoms with E-state index >= 15 is 0 Å². The fraction of sp³-hybridized carbons (Fsp3) is 0.421. The number of hydrogen-bond donors (Lipinski definition) is 3. The van der Waals surface area contributed by atoms with Gasteiger partial charge in [-0.25, -0.2) is 19.5 Å². The number of anilines is 1. The number of aromatic nitrogens is 3. The van der Waals surface area contributed by atoms with Crippen LogP contribution in [0.3, 0.4) is 0 Å². The summed E-state index contributed by atoms with van der Waals surface area (Å²) in [5, 5.41) is 17.7. The number of carbonyl (C=O) groups excluding carboxylic acids is 1. The van der Waals surface area contributed by atoms with Gasteiger partial charge in [-0.15, -0.1) is 5.92 Å². The summed E-state index contributed by atoms with van der Waals surface area (Å²) in [6.45, 7) is 1.70. The highest BCUT2D eigenvalue weighted by Crippen LogP contribution is 2.32. The third-order valence-corrected chi connectivity index (χ3v) is 5.39. The Hall–Kier alpha value is -2.85. The Morgan fingerprint density at radius 3 is 3.00 bits per heavy atom. The molecule has 1 fully saturated rings. The molecule has 0 radical (unpaired) electrons. The number of ketones is 1. The Balaban J connectivity index is 1.75.